The minimum atomic E-state index is -0.331. The van der Waals surface area contributed by atoms with Gasteiger partial charge in [-0.2, -0.15) is 0 Å². The summed E-state index contributed by atoms with van der Waals surface area (Å²) in [5.74, 6) is 0.444. The Kier molecular flexibility index (Phi) is 4.59. The summed E-state index contributed by atoms with van der Waals surface area (Å²) in [6.07, 6.45) is 2.92. The molecule has 2 aromatic rings. The molecule has 1 aromatic heterocycles. The fraction of sp³-hybridized carbons (Fsp3) is 0.400. The minimum absolute atomic E-state index is 0.331. The summed E-state index contributed by atoms with van der Waals surface area (Å²) in [6, 6.07) is 4.89. The van der Waals surface area contributed by atoms with Gasteiger partial charge < -0.3 is 5.32 Å². The molecule has 0 radical (unpaired) electrons. The van der Waals surface area contributed by atoms with E-state index in [1.54, 1.807) is 6.07 Å². The van der Waals surface area contributed by atoms with Gasteiger partial charge >= 0.3 is 0 Å². The predicted octanol–water partition coefficient (Wildman–Crippen LogP) is 4.80. The second-order valence-electron chi connectivity index (χ2n) is 4.60. The average molecular weight is 281 g/mol. The van der Waals surface area contributed by atoms with E-state index < -0.39 is 0 Å². The van der Waals surface area contributed by atoms with Crippen molar-refractivity contribution in [2.45, 2.75) is 33.1 Å². The first-order chi connectivity index (χ1) is 9.17. The van der Waals surface area contributed by atoms with Crippen LogP contribution in [0.1, 0.15) is 32.3 Å². The zero-order valence-electron chi connectivity index (χ0n) is 11.3. The molecule has 0 amide bonds. The van der Waals surface area contributed by atoms with Crippen molar-refractivity contribution in [2.24, 2.45) is 0 Å². The Bertz CT molecular complexity index is 584. The number of nitrogens with zero attached hydrogens (tertiary/aromatic N) is 1. The van der Waals surface area contributed by atoms with Gasteiger partial charge in [-0.05, 0) is 36.6 Å². The van der Waals surface area contributed by atoms with Crippen LogP contribution in [0.4, 0.5) is 10.2 Å². The van der Waals surface area contributed by atoms with Gasteiger partial charge in [-0.3, -0.25) is 0 Å². The molecule has 0 spiro atoms. The number of aryl methyl sites for hydroxylation is 1. The minimum Gasteiger partial charge on any atom is -0.370 e. The quantitative estimate of drug-likeness (QED) is 0.851. The molecule has 0 aliphatic carbocycles. The number of rotatable bonds is 5. The number of fused-ring (bicyclic) bond motifs is 1. The van der Waals surface area contributed by atoms with Crippen molar-refractivity contribution in [2.75, 3.05) is 11.9 Å². The molecule has 0 unspecified atom stereocenters. The molecular formula is C15H18ClFN2. The Morgan fingerprint density at radius 2 is 2.05 bits per heavy atom. The van der Waals surface area contributed by atoms with Gasteiger partial charge in [0.15, 0.2) is 0 Å². The van der Waals surface area contributed by atoms with Crippen molar-refractivity contribution in [1.29, 1.82) is 0 Å². The monoisotopic (exact) mass is 280 g/mol. The third kappa shape index (κ3) is 2.98. The summed E-state index contributed by atoms with van der Waals surface area (Å²) < 4.78 is 13.8. The zero-order valence-corrected chi connectivity index (χ0v) is 12.0. The first-order valence-electron chi connectivity index (χ1n) is 6.68. The van der Waals surface area contributed by atoms with Gasteiger partial charge in [-0.25, -0.2) is 9.37 Å². The van der Waals surface area contributed by atoms with E-state index in [-0.39, 0.29) is 5.82 Å². The molecule has 1 heterocycles. The van der Waals surface area contributed by atoms with E-state index in [4.69, 9.17) is 11.6 Å². The summed E-state index contributed by atoms with van der Waals surface area (Å²) >= 11 is 6.13. The van der Waals surface area contributed by atoms with Crippen molar-refractivity contribution < 1.29 is 4.39 Å². The second-order valence-corrected chi connectivity index (χ2v) is 5.01. The number of nitrogens with one attached hydrogen (secondary N) is 1. The fourth-order valence-corrected chi connectivity index (χ4v) is 2.30. The van der Waals surface area contributed by atoms with Crippen molar-refractivity contribution in [3.63, 3.8) is 0 Å². The van der Waals surface area contributed by atoms with Crippen LogP contribution in [0.2, 0.25) is 5.02 Å². The molecule has 0 saturated carbocycles. The summed E-state index contributed by atoms with van der Waals surface area (Å²) in [6.45, 7) is 5.03. The Labute approximate surface area is 118 Å². The van der Waals surface area contributed by atoms with Crippen molar-refractivity contribution in [1.82, 2.24) is 4.98 Å². The fourth-order valence-electron chi connectivity index (χ4n) is 2.09. The number of pyridine rings is 1. The van der Waals surface area contributed by atoms with Gasteiger partial charge in [0.05, 0.1) is 5.02 Å². The number of aromatic nitrogens is 1. The highest BCUT2D eigenvalue weighted by Gasteiger charge is 2.11. The lowest BCUT2D eigenvalue weighted by Gasteiger charge is -2.12. The molecule has 0 saturated heterocycles. The maximum atomic E-state index is 13.8. The Morgan fingerprint density at radius 1 is 1.26 bits per heavy atom. The molecule has 2 nitrogen and oxygen atoms in total. The Balaban J connectivity index is 2.58. The van der Waals surface area contributed by atoms with Gasteiger partial charge in [-0.1, -0.05) is 31.9 Å². The molecule has 0 aliphatic rings. The van der Waals surface area contributed by atoms with Crippen molar-refractivity contribution in [3.05, 3.63) is 34.6 Å². The number of halogens is 2. The lowest BCUT2D eigenvalue weighted by Crippen LogP contribution is -2.06. The normalized spacial score (nSPS) is 10.9. The molecule has 0 atom stereocenters. The molecule has 0 fully saturated rings. The van der Waals surface area contributed by atoms with Gasteiger partial charge in [0.25, 0.3) is 0 Å². The van der Waals surface area contributed by atoms with Gasteiger partial charge in [0.1, 0.15) is 17.2 Å². The largest absolute Gasteiger partial charge is 0.370 e. The van der Waals surface area contributed by atoms with E-state index in [1.807, 2.05) is 6.07 Å². The maximum absolute atomic E-state index is 13.8. The molecule has 1 aromatic carbocycles. The van der Waals surface area contributed by atoms with Crippen LogP contribution in [0.5, 0.6) is 0 Å². The van der Waals surface area contributed by atoms with Crippen LogP contribution in [0, 0.1) is 5.82 Å². The van der Waals surface area contributed by atoms with Gasteiger partial charge in [0.2, 0.25) is 0 Å². The average Bonchev–Trinajstić information content (AvgIpc) is 2.41. The van der Waals surface area contributed by atoms with Crippen LogP contribution in [0.3, 0.4) is 0 Å². The first-order valence-corrected chi connectivity index (χ1v) is 7.06. The molecule has 102 valence electrons. The van der Waals surface area contributed by atoms with E-state index in [9.17, 15) is 4.39 Å². The van der Waals surface area contributed by atoms with E-state index in [0.717, 1.165) is 37.2 Å². The molecule has 1 N–H and O–H groups in total. The van der Waals surface area contributed by atoms with Crippen LogP contribution in [-0.4, -0.2) is 11.5 Å². The van der Waals surface area contributed by atoms with E-state index >= 15 is 0 Å². The zero-order chi connectivity index (χ0) is 13.8. The topological polar surface area (TPSA) is 24.9 Å². The molecular weight excluding hydrogens is 263 g/mol. The number of anilines is 1. The summed E-state index contributed by atoms with van der Waals surface area (Å²) in [4.78, 5) is 4.42. The SMILES string of the molecule is CCCNc1nc2c(F)ccc(Cl)c2cc1CCC. The van der Waals surface area contributed by atoms with Crippen LogP contribution in [-0.2, 0) is 6.42 Å². The summed E-state index contributed by atoms with van der Waals surface area (Å²) in [5, 5.41) is 4.50. The highest BCUT2D eigenvalue weighted by atomic mass is 35.5. The summed E-state index contributed by atoms with van der Waals surface area (Å²) in [7, 11) is 0. The van der Waals surface area contributed by atoms with Crippen LogP contribution in [0.25, 0.3) is 10.9 Å². The maximum Gasteiger partial charge on any atom is 0.149 e. The van der Waals surface area contributed by atoms with Crippen molar-refractivity contribution in [3.8, 4) is 0 Å². The molecule has 4 heteroatoms. The standard InChI is InChI=1S/C15H18ClFN2/c1-3-5-10-9-11-12(16)6-7-13(17)14(11)19-15(10)18-8-4-2/h6-7,9H,3-5,8H2,1-2H3,(H,18,19). The second kappa shape index (κ2) is 6.20. The highest BCUT2D eigenvalue weighted by Crippen LogP contribution is 2.29. The summed E-state index contributed by atoms with van der Waals surface area (Å²) in [5.41, 5.74) is 1.43. The van der Waals surface area contributed by atoms with Gasteiger partial charge in [-0.15, -0.1) is 0 Å². The smallest absolute Gasteiger partial charge is 0.149 e. The molecule has 0 bridgehead atoms. The molecule has 0 aliphatic heterocycles. The number of hydrogen-bond donors (Lipinski definition) is 1. The van der Waals surface area contributed by atoms with E-state index in [2.05, 4.69) is 24.1 Å². The van der Waals surface area contributed by atoms with Crippen LogP contribution < -0.4 is 5.32 Å². The lowest BCUT2D eigenvalue weighted by molar-refractivity contribution is 0.637. The Hall–Kier alpha value is -1.35. The first kappa shape index (κ1) is 14.1. The molecule has 19 heavy (non-hydrogen) atoms. The third-order valence-electron chi connectivity index (χ3n) is 3.02. The van der Waals surface area contributed by atoms with E-state index in [1.165, 1.54) is 6.07 Å². The van der Waals surface area contributed by atoms with Crippen molar-refractivity contribution >= 4 is 28.3 Å². The van der Waals surface area contributed by atoms with Gasteiger partial charge in [0, 0.05) is 11.9 Å². The van der Waals surface area contributed by atoms with E-state index in [0.29, 0.717) is 15.9 Å². The number of benzene rings is 1. The molecule has 2 rings (SSSR count). The lowest BCUT2D eigenvalue weighted by atomic mass is 10.1. The highest BCUT2D eigenvalue weighted by molar-refractivity contribution is 6.35. The third-order valence-corrected chi connectivity index (χ3v) is 3.35. The van der Waals surface area contributed by atoms with Crippen LogP contribution >= 0.6 is 11.6 Å². The Morgan fingerprint density at radius 3 is 2.74 bits per heavy atom. The number of hydrogen-bond acceptors (Lipinski definition) is 2. The predicted molar refractivity (Wildman–Crippen MR) is 79.5 cm³/mol. The van der Waals surface area contributed by atoms with Crippen LogP contribution in [0.15, 0.2) is 18.2 Å².